The third-order valence-corrected chi connectivity index (χ3v) is 2.74. The molecule has 0 spiro atoms. The van der Waals surface area contributed by atoms with Crippen molar-refractivity contribution in [1.82, 2.24) is 0 Å². The molecule has 0 aliphatic carbocycles. The Hall–Kier alpha value is -2.56. The van der Waals surface area contributed by atoms with Gasteiger partial charge in [0, 0.05) is 18.1 Å². The van der Waals surface area contributed by atoms with Crippen molar-refractivity contribution >= 4 is 12.1 Å². The molecule has 3 nitrogen and oxygen atoms in total. The Balaban J connectivity index is 1.93. The fourth-order valence-electron chi connectivity index (χ4n) is 1.78. The highest BCUT2D eigenvalue weighted by atomic mass is 19.1. The third-order valence-electron chi connectivity index (χ3n) is 2.74. The molecule has 0 N–H and O–H groups in total. The number of carbonyl (C=O) groups excluding carboxylic acids is 2. The first-order valence-corrected chi connectivity index (χ1v) is 6.21. The number of ketones is 1. The van der Waals surface area contributed by atoms with E-state index >= 15 is 0 Å². The molecule has 0 unspecified atom stereocenters. The summed E-state index contributed by atoms with van der Waals surface area (Å²) in [6.45, 7) is -0.251. The van der Waals surface area contributed by atoms with Crippen LogP contribution in [0.4, 0.5) is 8.78 Å². The van der Waals surface area contributed by atoms with Crippen molar-refractivity contribution < 1.29 is 23.1 Å². The summed E-state index contributed by atoms with van der Waals surface area (Å²) in [5.74, 6) is -1.10. The molecule has 0 saturated carbocycles. The van der Waals surface area contributed by atoms with Crippen molar-refractivity contribution in [2.45, 2.75) is 6.42 Å². The van der Waals surface area contributed by atoms with Crippen molar-refractivity contribution in [2.24, 2.45) is 0 Å². The van der Waals surface area contributed by atoms with Gasteiger partial charge in [0.15, 0.2) is 5.78 Å². The number of hydrogen-bond acceptors (Lipinski definition) is 3. The molecule has 0 fully saturated rings. The molecular formula is C16H12F2O3. The van der Waals surface area contributed by atoms with Gasteiger partial charge in [0.25, 0.3) is 0 Å². The third kappa shape index (κ3) is 4.49. The van der Waals surface area contributed by atoms with E-state index in [4.69, 9.17) is 4.74 Å². The number of rotatable bonds is 6. The predicted molar refractivity (Wildman–Crippen MR) is 72.4 cm³/mol. The number of benzene rings is 2. The second-order valence-corrected chi connectivity index (χ2v) is 4.47. The summed E-state index contributed by atoms with van der Waals surface area (Å²) in [5.41, 5.74) is 0.800. The van der Waals surface area contributed by atoms with E-state index in [1.807, 2.05) is 0 Å². The van der Waals surface area contributed by atoms with Crippen LogP contribution in [0.1, 0.15) is 15.9 Å². The number of aldehydes is 1. The largest absolute Gasteiger partial charge is 0.486 e. The average molecular weight is 290 g/mol. The molecule has 0 radical (unpaired) electrons. The van der Waals surface area contributed by atoms with Crippen molar-refractivity contribution in [3.63, 3.8) is 0 Å². The maximum atomic E-state index is 13.2. The van der Waals surface area contributed by atoms with Gasteiger partial charge in [-0.25, -0.2) is 8.78 Å². The summed E-state index contributed by atoms with van der Waals surface area (Å²) in [6, 6.07) is 9.08. The van der Waals surface area contributed by atoms with Crippen LogP contribution in [-0.4, -0.2) is 18.7 Å². The van der Waals surface area contributed by atoms with Crippen LogP contribution in [0.15, 0.2) is 42.5 Å². The van der Waals surface area contributed by atoms with E-state index in [0.29, 0.717) is 11.8 Å². The summed E-state index contributed by atoms with van der Waals surface area (Å²) < 4.78 is 31.1. The minimum absolute atomic E-state index is 0.0934. The molecule has 0 atom stereocenters. The number of ether oxygens (including phenoxy) is 1. The van der Waals surface area contributed by atoms with Crippen molar-refractivity contribution in [3.05, 3.63) is 65.2 Å². The molecular weight excluding hydrogens is 278 g/mol. The number of Topliss-reactive ketones (excluding diaryl/α,β-unsaturated/α-hetero) is 1. The lowest BCUT2D eigenvalue weighted by Crippen LogP contribution is -2.14. The van der Waals surface area contributed by atoms with Gasteiger partial charge in [-0.1, -0.05) is 12.1 Å². The van der Waals surface area contributed by atoms with Gasteiger partial charge in [0.05, 0.1) is 0 Å². The maximum Gasteiger partial charge on any atom is 0.174 e. The second-order valence-electron chi connectivity index (χ2n) is 4.47. The fraction of sp³-hybridized carbons (Fsp3) is 0.125. The van der Waals surface area contributed by atoms with Crippen LogP contribution in [0, 0.1) is 11.6 Å². The van der Waals surface area contributed by atoms with Crippen LogP contribution in [0.25, 0.3) is 0 Å². The number of carbonyl (C=O) groups is 2. The standard InChI is InChI=1S/C16H12F2O3/c17-13-3-1-11(2-4-13)6-15(20)10-21-16-7-12(9-19)5-14(18)8-16/h1-5,7-9H,6,10H2. The highest BCUT2D eigenvalue weighted by molar-refractivity contribution is 5.82. The van der Waals surface area contributed by atoms with Crippen molar-refractivity contribution in [3.8, 4) is 5.75 Å². The topological polar surface area (TPSA) is 43.4 Å². The second kappa shape index (κ2) is 6.74. The van der Waals surface area contributed by atoms with E-state index < -0.39 is 5.82 Å². The Morgan fingerprint density at radius 2 is 1.76 bits per heavy atom. The van der Waals surface area contributed by atoms with Crippen LogP contribution in [0.3, 0.4) is 0 Å². The molecule has 0 amide bonds. The van der Waals surface area contributed by atoms with Gasteiger partial charge >= 0.3 is 0 Å². The van der Waals surface area contributed by atoms with Gasteiger partial charge in [-0.15, -0.1) is 0 Å². The molecule has 0 aliphatic rings. The van der Waals surface area contributed by atoms with Crippen LogP contribution in [0.2, 0.25) is 0 Å². The van der Waals surface area contributed by atoms with E-state index in [2.05, 4.69) is 0 Å². The first kappa shape index (κ1) is 14.8. The highest BCUT2D eigenvalue weighted by Gasteiger charge is 2.07. The zero-order valence-electron chi connectivity index (χ0n) is 11.0. The predicted octanol–water partition coefficient (Wildman–Crippen LogP) is 2.97. The van der Waals surface area contributed by atoms with Gasteiger partial charge in [0.2, 0.25) is 0 Å². The van der Waals surface area contributed by atoms with Gasteiger partial charge in [-0.05, 0) is 29.8 Å². The first-order chi connectivity index (χ1) is 10.1. The Kier molecular flexibility index (Phi) is 4.77. The van der Waals surface area contributed by atoms with Crippen molar-refractivity contribution in [2.75, 3.05) is 6.61 Å². The van der Waals surface area contributed by atoms with Crippen LogP contribution < -0.4 is 4.74 Å². The number of halogens is 2. The Morgan fingerprint density at radius 1 is 1.05 bits per heavy atom. The van der Waals surface area contributed by atoms with Gasteiger partial charge in [-0.3, -0.25) is 9.59 Å². The summed E-state index contributed by atoms with van der Waals surface area (Å²) in [5, 5.41) is 0. The quantitative estimate of drug-likeness (QED) is 0.768. The lowest BCUT2D eigenvalue weighted by molar-refractivity contribution is -0.120. The fourth-order valence-corrected chi connectivity index (χ4v) is 1.78. The normalized spacial score (nSPS) is 10.2. The molecule has 0 aromatic heterocycles. The van der Waals surface area contributed by atoms with Gasteiger partial charge in [-0.2, -0.15) is 0 Å². The molecule has 5 heteroatoms. The smallest absolute Gasteiger partial charge is 0.174 e. The molecule has 0 aliphatic heterocycles. The van der Waals surface area contributed by atoms with E-state index in [1.165, 1.54) is 30.3 Å². The minimum atomic E-state index is -0.611. The molecule has 2 rings (SSSR count). The Labute approximate surface area is 120 Å². The molecule has 0 saturated heterocycles. The molecule has 108 valence electrons. The maximum absolute atomic E-state index is 13.2. The summed E-state index contributed by atoms with van der Waals surface area (Å²) in [6.07, 6.45) is 0.590. The van der Waals surface area contributed by atoms with E-state index in [0.717, 1.165) is 12.1 Å². The van der Waals surface area contributed by atoms with Crippen LogP contribution in [-0.2, 0) is 11.2 Å². The molecule has 21 heavy (non-hydrogen) atoms. The lowest BCUT2D eigenvalue weighted by atomic mass is 10.1. The highest BCUT2D eigenvalue weighted by Crippen LogP contribution is 2.15. The zero-order valence-corrected chi connectivity index (χ0v) is 11.0. The van der Waals surface area contributed by atoms with Crippen LogP contribution >= 0.6 is 0 Å². The first-order valence-electron chi connectivity index (χ1n) is 6.21. The lowest BCUT2D eigenvalue weighted by Gasteiger charge is -2.06. The Bertz CT molecular complexity index is 651. The van der Waals surface area contributed by atoms with E-state index in [-0.39, 0.29) is 35.9 Å². The molecule has 0 heterocycles. The van der Waals surface area contributed by atoms with Crippen molar-refractivity contribution in [1.29, 1.82) is 0 Å². The summed E-state index contributed by atoms with van der Waals surface area (Å²) >= 11 is 0. The Morgan fingerprint density at radius 3 is 2.43 bits per heavy atom. The molecule has 2 aromatic rings. The zero-order chi connectivity index (χ0) is 15.2. The van der Waals surface area contributed by atoms with Gasteiger partial charge in [0.1, 0.15) is 30.3 Å². The molecule has 0 bridgehead atoms. The van der Waals surface area contributed by atoms with Gasteiger partial charge < -0.3 is 4.74 Å². The summed E-state index contributed by atoms with van der Waals surface area (Å²) in [4.78, 5) is 22.3. The van der Waals surface area contributed by atoms with Crippen LogP contribution in [0.5, 0.6) is 5.75 Å². The SMILES string of the molecule is O=Cc1cc(F)cc(OCC(=O)Cc2ccc(F)cc2)c1. The van der Waals surface area contributed by atoms with E-state index in [9.17, 15) is 18.4 Å². The molecule has 2 aromatic carbocycles. The van der Waals surface area contributed by atoms with E-state index in [1.54, 1.807) is 0 Å². The minimum Gasteiger partial charge on any atom is -0.486 e. The monoisotopic (exact) mass is 290 g/mol. The summed E-state index contributed by atoms with van der Waals surface area (Å²) in [7, 11) is 0. The number of hydrogen-bond donors (Lipinski definition) is 0. The average Bonchev–Trinajstić information content (AvgIpc) is 2.47.